The highest BCUT2D eigenvalue weighted by Crippen LogP contribution is 2.17. The van der Waals surface area contributed by atoms with Gasteiger partial charge in [0, 0.05) is 18.3 Å². The zero-order chi connectivity index (χ0) is 13.1. The summed E-state index contributed by atoms with van der Waals surface area (Å²) in [5, 5.41) is 3.45. The van der Waals surface area contributed by atoms with E-state index < -0.39 is 0 Å². The van der Waals surface area contributed by atoms with Gasteiger partial charge in [-0.2, -0.15) is 0 Å². The Morgan fingerprint density at radius 2 is 1.78 bits per heavy atom. The van der Waals surface area contributed by atoms with Crippen LogP contribution in [0.5, 0.6) is 5.75 Å². The van der Waals surface area contributed by atoms with Gasteiger partial charge in [-0.3, -0.25) is 0 Å². The summed E-state index contributed by atoms with van der Waals surface area (Å²) in [6, 6.07) is 8.20. The normalized spacial score (nSPS) is 10.3. The van der Waals surface area contributed by atoms with E-state index >= 15 is 0 Å². The molecular weight excluding hydrogens is 222 g/mol. The summed E-state index contributed by atoms with van der Waals surface area (Å²) in [5.41, 5.74) is 1.16. The maximum absolute atomic E-state index is 5.48. The molecule has 0 saturated heterocycles. The van der Waals surface area contributed by atoms with Crippen molar-refractivity contribution in [3.8, 4) is 5.75 Å². The smallest absolute Gasteiger partial charge is 0.121 e. The van der Waals surface area contributed by atoms with Crippen LogP contribution >= 0.6 is 0 Å². The minimum Gasteiger partial charge on any atom is -0.494 e. The molecule has 1 rings (SSSR count). The summed E-state index contributed by atoms with van der Waals surface area (Å²) < 4.78 is 5.48. The molecule has 0 aromatic heterocycles. The van der Waals surface area contributed by atoms with Crippen molar-refractivity contribution in [2.75, 3.05) is 18.5 Å². The molecule has 0 aliphatic heterocycles. The first-order chi connectivity index (χ1) is 8.86. The fraction of sp³-hybridized carbons (Fsp3) is 0.625. The van der Waals surface area contributed by atoms with E-state index in [-0.39, 0.29) is 0 Å². The minimum absolute atomic E-state index is 0.723. The Balaban J connectivity index is 2.13. The van der Waals surface area contributed by atoms with Crippen LogP contribution in [0.2, 0.25) is 0 Å². The Bertz CT molecular complexity index is 312. The predicted octanol–water partition coefficient (Wildman–Crippen LogP) is 4.86. The van der Waals surface area contributed by atoms with Gasteiger partial charge in [0.15, 0.2) is 0 Å². The molecule has 0 heterocycles. The van der Waals surface area contributed by atoms with Crippen LogP contribution in [0.15, 0.2) is 24.3 Å². The SMILES string of the molecule is CCCCCCCCNc1cccc(OCC)c1. The van der Waals surface area contributed by atoms with Gasteiger partial charge in [-0.1, -0.05) is 45.1 Å². The van der Waals surface area contributed by atoms with Crippen molar-refractivity contribution < 1.29 is 4.74 Å². The third-order valence-electron chi connectivity index (χ3n) is 3.00. The molecule has 0 saturated carbocycles. The molecule has 0 amide bonds. The van der Waals surface area contributed by atoms with Crippen molar-refractivity contribution in [3.63, 3.8) is 0 Å². The highest BCUT2D eigenvalue weighted by atomic mass is 16.5. The molecule has 0 fully saturated rings. The van der Waals surface area contributed by atoms with Crippen LogP contribution in [0, 0.1) is 0 Å². The molecule has 2 nitrogen and oxygen atoms in total. The van der Waals surface area contributed by atoms with E-state index in [0.29, 0.717) is 0 Å². The first-order valence-corrected chi connectivity index (χ1v) is 7.33. The number of anilines is 1. The van der Waals surface area contributed by atoms with Crippen LogP contribution in [0.1, 0.15) is 52.4 Å². The third kappa shape index (κ3) is 6.53. The Morgan fingerprint density at radius 1 is 1.00 bits per heavy atom. The van der Waals surface area contributed by atoms with Crippen LogP contribution < -0.4 is 10.1 Å². The number of hydrogen-bond donors (Lipinski definition) is 1. The minimum atomic E-state index is 0.723. The molecule has 0 spiro atoms. The van der Waals surface area contributed by atoms with Crippen LogP contribution in [0.3, 0.4) is 0 Å². The molecule has 0 bridgehead atoms. The Morgan fingerprint density at radius 3 is 2.56 bits per heavy atom. The summed E-state index contributed by atoms with van der Waals surface area (Å²) in [5.74, 6) is 0.949. The molecule has 0 unspecified atom stereocenters. The summed E-state index contributed by atoms with van der Waals surface area (Å²) in [6.07, 6.45) is 8.04. The Kier molecular flexibility index (Phi) is 8.11. The van der Waals surface area contributed by atoms with Crippen molar-refractivity contribution in [2.24, 2.45) is 0 Å². The van der Waals surface area contributed by atoms with Crippen LogP contribution in [0.25, 0.3) is 0 Å². The van der Waals surface area contributed by atoms with Gasteiger partial charge in [0.25, 0.3) is 0 Å². The van der Waals surface area contributed by atoms with E-state index in [0.717, 1.165) is 24.6 Å². The molecule has 1 N–H and O–H groups in total. The van der Waals surface area contributed by atoms with Gasteiger partial charge in [0.05, 0.1) is 6.61 Å². The number of hydrogen-bond acceptors (Lipinski definition) is 2. The molecule has 1 aromatic carbocycles. The fourth-order valence-electron chi connectivity index (χ4n) is 2.00. The summed E-state index contributed by atoms with van der Waals surface area (Å²) in [7, 11) is 0. The number of unbranched alkanes of at least 4 members (excludes halogenated alkanes) is 5. The molecule has 0 atom stereocenters. The third-order valence-corrected chi connectivity index (χ3v) is 3.00. The molecule has 18 heavy (non-hydrogen) atoms. The van der Waals surface area contributed by atoms with Gasteiger partial charge in [-0.05, 0) is 25.5 Å². The second-order valence-corrected chi connectivity index (χ2v) is 4.66. The van der Waals surface area contributed by atoms with Crippen molar-refractivity contribution in [3.05, 3.63) is 24.3 Å². The van der Waals surface area contributed by atoms with E-state index in [1.807, 2.05) is 19.1 Å². The quantitative estimate of drug-likeness (QED) is 0.598. The Labute approximate surface area is 112 Å². The van der Waals surface area contributed by atoms with Crippen molar-refractivity contribution in [1.82, 2.24) is 0 Å². The maximum atomic E-state index is 5.48. The van der Waals surface area contributed by atoms with Gasteiger partial charge in [0.1, 0.15) is 5.75 Å². The summed E-state index contributed by atoms with van der Waals surface area (Å²) in [6.45, 7) is 6.05. The molecule has 0 aliphatic carbocycles. The number of nitrogens with one attached hydrogen (secondary N) is 1. The van der Waals surface area contributed by atoms with E-state index in [2.05, 4.69) is 24.4 Å². The fourth-order valence-corrected chi connectivity index (χ4v) is 2.00. The average molecular weight is 249 g/mol. The zero-order valence-corrected chi connectivity index (χ0v) is 11.9. The first kappa shape index (κ1) is 14.9. The average Bonchev–Trinajstić information content (AvgIpc) is 2.39. The predicted molar refractivity (Wildman–Crippen MR) is 79.5 cm³/mol. The summed E-state index contributed by atoms with van der Waals surface area (Å²) in [4.78, 5) is 0. The van der Waals surface area contributed by atoms with Crippen molar-refractivity contribution in [2.45, 2.75) is 52.4 Å². The highest BCUT2D eigenvalue weighted by molar-refractivity contribution is 5.48. The lowest BCUT2D eigenvalue weighted by Gasteiger charge is -2.08. The van der Waals surface area contributed by atoms with Crippen LogP contribution in [-0.4, -0.2) is 13.2 Å². The van der Waals surface area contributed by atoms with E-state index in [1.54, 1.807) is 0 Å². The summed E-state index contributed by atoms with van der Waals surface area (Å²) >= 11 is 0. The molecule has 0 aliphatic rings. The van der Waals surface area contributed by atoms with E-state index in [9.17, 15) is 0 Å². The van der Waals surface area contributed by atoms with Crippen molar-refractivity contribution >= 4 is 5.69 Å². The van der Waals surface area contributed by atoms with Crippen LogP contribution in [0.4, 0.5) is 5.69 Å². The standard InChI is InChI=1S/C16H27NO/c1-3-5-6-7-8-9-13-17-15-11-10-12-16(14-15)18-4-2/h10-12,14,17H,3-9,13H2,1-2H3. The highest BCUT2D eigenvalue weighted by Gasteiger charge is 1.95. The first-order valence-electron chi connectivity index (χ1n) is 7.33. The van der Waals surface area contributed by atoms with Gasteiger partial charge in [0.2, 0.25) is 0 Å². The molecule has 1 aromatic rings. The van der Waals surface area contributed by atoms with Gasteiger partial charge >= 0.3 is 0 Å². The van der Waals surface area contributed by atoms with E-state index in [1.165, 1.54) is 38.5 Å². The lowest BCUT2D eigenvalue weighted by Crippen LogP contribution is -2.01. The van der Waals surface area contributed by atoms with Gasteiger partial charge < -0.3 is 10.1 Å². The molecule has 102 valence electrons. The number of benzene rings is 1. The second kappa shape index (κ2) is 9.81. The largest absolute Gasteiger partial charge is 0.494 e. The molecule has 0 radical (unpaired) electrons. The second-order valence-electron chi connectivity index (χ2n) is 4.66. The topological polar surface area (TPSA) is 21.3 Å². The van der Waals surface area contributed by atoms with Crippen molar-refractivity contribution in [1.29, 1.82) is 0 Å². The lowest BCUT2D eigenvalue weighted by molar-refractivity contribution is 0.340. The number of ether oxygens (including phenoxy) is 1. The van der Waals surface area contributed by atoms with Crippen LogP contribution in [-0.2, 0) is 0 Å². The molecular formula is C16H27NO. The van der Waals surface area contributed by atoms with Gasteiger partial charge in [-0.25, -0.2) is 0 Å². The van der Waals surface area contributed by atoms with Gasteiger partial charge in [-0.15, -0.1) is 0 Å². The monoisotopic (exact) mass is 249 g/mol. The molecule has 2 heteroatoms. The lowest BCUT2D eigenvalue weighted by atomic mass is 10.1. The number of rotatable bonds is 10. The zero-order valence-electron chi connectivity index (χ0n) is 11.9. The Hall–Kier alpha value is -1.18. The maximum Gasteiger partial charge on any atom is 0.121 e. The van der Waals surface area contributed by atoms with E-state index in [4.69, 9.17) is 4.74 Å².